The van der Waals surface area contributed by atoms with Gasteiger partial charge >= 0.3 is 0 Å². The van der Waals surface area contributed by atoms with Gasteiger partial charge in [-0.2, -0.15) is 0 Å². The molecule has 6 heteroatoms. The predicted molar refractivity (Wildman–Crippen MR) is 92.2 cm³/mol. The van der Waals surface area contributed by atoms with Crippen LogP contribution in [0.3, 0.4) is 0 Å². The van der Waals surface area contributed by atoms with Crippen molar-refractivity contribution in [3.63, 3.8) is 0 Å². The first-order valence-corrected chi connectivity index (χ1v) is 8.00. The van der Waals surface area contributed by atoms with E-state index in [1.165, 1.54) is 6.07 Å². The number of hydrogen-bond donors (Lipinski definition) is 2. The fourth-order valence-corrected chi connectivity index (χ4v) is 2.46. The summed E-state index contributed by atoms with van der Waals surface area (Å²) in [4.78, 5) is 23.0. The number of carbonyl (C=O) groups is 1. The highest BCUT2D eigenvalue weighted by molar-refractivity contribution is 5.95. The topological polar surface area (TPSA) is 84.3 Å². The zero-order valence-electron chi connectivity index (χ0n) is 13.2. The molecule has 0 spiro atoms. The van der Waals surface area contributed by atoms with E-state index >= 15 is 0 Å². The largest absolute Gasteiger partial charge is 0.377 e. The van der Waals surface area contributed by atoms with Gasteiger partial charge in [0.25, 0.3) is 11.6 Å². The third-order valence-corrected chi connectivity index (χ3v) is 3.94. The van der Waals surface area contributed by atoms with Crippen LogP contribution >= 0.6 is 0 Å². The molecule has 0 heterocycles. The molecule has 0 unspecified atom stereocenters. The van der Waals surface area contributed by atoms with Crippen LogP contribution in [0.25, 0.3) is 0 Å². The van der Waals surface area contributed by atoms with Crippen molar-refractivity contribution in [2.75, 3.05) is 11.9 Å². The van der Waals surface area contributed by atoms with E-state index in [0.717, 1.165) is 24.8 Å². The Balaban J connectivity index is 1.63. The molecule has 1 fully saturated rings. The Morgan fingerprint density at radius 1 is 1.17 bits per heavy atom. The maximum absolute atomic E-state index is 12.2. The van der Waals surface area contributed by atoms with Crippen LogP contribution in [0, 0.1) is 10.1 Å². The van der Waals surface area contributed by atoms with Crippen LogP contribution in [0.5, 0.6) is 0 Å². The first-order valence-electron chi connectivity index (χ1n) is 8.00. The molecule has 24 heavy (non-hydrogen) atoms. The van der Waals surface area contributed by atoms with E-state index in [1.807, 2.05) is 30.3 Å². The predicted octanol–water partition coefficient (Wildman–Crippen LogP) is 3.14. The van der Waals surface area contributed by atoms with Crippen molar-refractivity contribution in [1.29, 1.82) is 0 Å². The number of nitro benzene ring substituents is 1. The second-order valence-corrected chi connectivity index (χ2v) is 5.90. The van der Waals surface area contributed by atoms with Crippen molar-refractivity contribution in [2.45, 2.75) is 25.3 Å². The van der Waals surface area contributed by atoms with Gasteiger partial charge in [0.1, 0.15) is 5.69 Å². The van der Waals surface area contributed by atoms with Gasteiger partial charge in [0.05, 0.1) is 4.92 Å². The molecule has 0 aromatic heterocycles. The summed E-state index contributed by atoms with van der Waals surface area (Å²) in [6.45, 7) is 0.485. The number of nitrogens with one attached hydrogen (secondary N) is 2. The minimum Gasteiger partial charge on any atom is -0.377 e. The number of hydrogen-bond acceptors (Lipinski definition) is 4. The SMILES string of the molecule is O=C(NCCc1ccccc1)c1ccc(NC2CC2)c([N+](=O)[O-])c1. The third kappa shape index (κ3) is 4.10. The second kappa shape index (κ2) is 7.12. The van der Waals surface area contributed by atoms with E-state index < -0.39 is 4.92 Å². The first-order chi connectivity index (χ1) is 11.6. The lowest BCUT2D eigenvalue weighted by atomic mass is 10.1. The van der Waals surface area contributed by atoms with E-state index in [4.69, 9.17) is 0 Å². The maximum atomic E-state index is 12.2. The van der Waals surface area contributed by atoms with Gasteiger partial charge in [-0.15, -0.1) is 0 Å². The standard InChI is InChI=1S/C18H19N3O3/c22-18(19-11-10-13-4-2-1-3-5-13)14-6-9-16(20-15-7-8-15)17(12-14)21(23)24/h1-6,9,12,15,20H,7-8,10-11H2,(H,19,22). The van der Waals surface area contributed by atoms with E-state index in [-0.39, 0.29) is 11.6 Å². The first kappa shape index (κ1) is 16.0. The Morgan fingerprint density at radius 2 is 1.92 bits per heavy atom. The van der Waals surface area contributed by atoms with Crippen LogP contribution < -0.4 is 10.6 Å². The molecule has 2 N–H and O–H groups in total. The van der Waals surface area contributed by atoms with Gasteiger partial charge in [-0.3, -0.25) is 14.9 Å². The minimum atomic E-state index is -0.453. The number of anilines is 1. The van der Waals surface area contributed by atoms with Crippen LogP contribution in [-0.4, -0.2) is 23.4 Å². The average molecular weight is 325 g/mol. The van der Waals surface area contributed by atoms with Crippen molar-refractivity contribution in [2.24, 2.45) is 0 Å². The Morgan fingerprint density at radius 3 is 2.58 bits per heavy atom. The molecule has 0 radical (unpaired) electrons. The van der Waals surface area contributed by atoms with E-state index in [9.17, 15) is 14.9 Å². The Hall–Kier alpha value is -2.89. The van der Waals surface area contributed by atoms with Gasteiger partial charge in [0, 0.05) is 24.2 Å². The van der Waals surface area contributed by atoms with Crippen LogP contribution in [0.2, 0.25) is 0 Å². The van der Waals surface area contributed by atoms with Crippen molar-refractivity contribution in [1.82, 2.24) is 5.32 Å². The van der Waals surface area contributed by atoms with E-state index in [1.54, 1.807) is 12.1 Å². The molecule has 1 saturated carbocycles. The fraction of sp³-hybridized carbons (Fsp3) is 0.278. The number of rotatable bonds is 7. The summed E-state index contributed by atoms with van der Waals surface area (Å²) in [7, 11) is 0. The minimum absolute atomic E-state index is 0.0578. The van der Waals surface area contributed by atoms with Crippen LogP contribution in [0.15, 0.2) is 48.5 Å². The van der Waals surface area contributed by atoms with Crippen LogP contribution in [0.4, 0.5) is 11.4 Å². The lowest BCUT2D eigenvalue weighted by molar-refractivity contribution is -0.384. The summed E-state index contributed by atoms with van der Waals surface area (Å²) in [5.41, 5.74) is 1.85. The molecule has 0 saturated heterocycles. The van der Waals surface area contributed by atoms with Gasteiger partial charge in [0.2, 0.25) is 0 Å². The van der Waals surface area contributed by atoms with Crippen molar-refractivity contribution in [3.05, 3.63) is 69.8 Å². The highest BCUT2D eigenvalue weighted by atomic mass is 16.6. The average Bonchev–Trinajstić information content (AvgIpc) is 3.40. The summed E-state index contributed by atoms with van der Waals surface area (Å²) >= 11 is 0. The zero-order valence-corrected chi connectivity index (χ0v) is 13.2. The maximum Gasteiger partial charge on any atom is 0.293 e. The normalized spacial score (nSPS) is 13.3. The highest BCUT2D eigenvalue weighted by Crippen LogP contribution is 2.31. The zero-order chi connectivity index (χ0) is 16.9. The van der Waals surface area contributed by atoms with Crippen molar-refractivity contribution in [3.8, 4) is 0 Å². The van der Waals surface area contributed by atoms with Crippen molar-refractivity contribution >= 4 is 17.3 Å². The number of amides is 1. The molecule has 1 aliphatic rings. The summed E-state index contributed by atoms with van der Waals surface area (Å²) < 4.78 is 0. The molecular weight excluding hydrogens is 306 g/mol. The Labute approximate surface area is 140 Å². The number of nitro groups is 1. The van der Waals surface area contributed by atoms with Crippen molar-refractivity contribution < 1.29 is 9.72 Å². The molecule has 0 aliphatic heterocycles. The third-order valence-electron chi connectivity index (χ3n) is 3.94. The highest BCUT2D eigenvalue weighted by Gasteiger charge is 2.25. The molecule has 0 bridgehead atoms. The Kier molecular flexibility index (Phi) is 4.74. The van der Waals surface area contributed by atoms with Crippen LogP contribution in [-0.2, 0) is 6.42 Å². The molecule has 2 aromatic rings. The molecule has 6 nitrogen and oxygen atoms in total. The molecule has 3 rings (SSSR count). The van der Waals surface area contributed by atoms with E-state index in [2.05, 4.69) is 10.6 Å². The lowest BCUT2D eigenvalue weighted by Crippen LogP contribution is -2.25. The number of carbonyl (C=O) groups excluding carboxylic acids is 1. The molecular formula is C18H19N3O3. The van der Waals surface area contributed by atoms with E-state index in [0.29, 0.717) is 23.8 Å². The molecule has 124 valence electrons. The summed E-state index contributed by atoms with van der Waals surface area (Å²) in [6.07, 6.45) is 2.77. The number of benzene rings is 2. The van der Waals surface area contributed by atoms with Gasteiger partial charge in [-0.1, -0.05) is 30.3 Å². The van der Waals surface area contributed by atoms with Crippen LogP contribution in [0.1, 0.15) is 28.8 Å². The summed E-state index contributed by atoms with van der Waals surface area (Å²) in [6, 6.07) is 14.7. The monoisotopic (exact) mass is 325 g/mol. The molecule has 1 aliphatic carbocycles. The fourth-order valence-electron chi connectivity index (χ4n) is 2.46. The quantitative estimate of drug-likeness (QED) is 0.605. The van der Waals surface area contributed by atoms with Gasteiger partial charge in [-0.25, -0.2) is 0 Å². The lowest BCUT2D eigenvalue weighted by Gasteiger charge is -2.08. The second-order valence-electron chi connectivity index (χ2n) is 5.90. The smallest absolute Gasteiger partial charge is 0.293 e. The van der Waals surface area contributed by atoms with Gasteiger partial charge < -0.3 is 10.6 Å². The molecule has 1 amide bonds. The number of nitrogens with zero attached hydrogens (tertiary/aromatic N) is 1. The van der Waals surface area contributed by atoms with Gasteiger partial charge in [-0.05, 0) is 37.0 Å². The molecule has 2 aromatic carbocycles. The molecule has 0 atom stereocenters. The summed E-state index contributed by atoms with van der Waals surface area (Å²) in [5, 5.41) is 17.2. The van der Waals surface area contributed by atoms with Gasteiger partial charge in [0.15, 0.2) is 0 Å². The summed E-state index contributed by atoms with van der Waals surface area (Å²) in [5.74, 6) is -0.299. The Bertz CT molecular complexity index is 742.